The van der Waals surface area contributed by atoms with Crippen molar-refractivity contribution in [3.63, 3.8) is 0 Å². The fourth-order valence-corrected chi connectivity index (χ4v) is 2.10. The summed E-state index contributed by atoms with van der Waals surface area (Å²) in [6.07, 6.45) is -0.872. The number of ether oxygens (including phenoxy) is 1. The van der Waals surface area contributed by atoms with Crippen molar-refractivity contribution in [2.24, 2.45) is 0 Å². The number of para-hydroxylation sites is 1. The van der Waals surface area contributed by atoms with Gasteiger partial charge >= 0.3 is 5.97 Å². The second-order valence-corrected chi connectivity index (χ2v) is 5.65. The lowest BCUT2D eigenvalue weighted by Crippen LogP contribution is -2.30. The summed E-state index contributed by atoms with van der Waals surface area (Å²) in [5.41, 5.74) is 4.23. The summed E-state index contributed by atoms with van der Waals surface area (Å²) in [4.78, 5) is 24.3. The van der Waals surface area contributed by atoms with Gasteiger partial charge in [-0.25, -0.2) is 4.79 Å². The maximum Gasteiger partial charge on any atom is 0.338 e. The Labute approximate surface area is 136 Å². The predicted octanol–water partition coefficient (Wildman–Crippen LogP) is 3.80. The first kappa shape index (κ1) is 16.7. The number of carbonyl (C=O) groups excluding carboxylic acids is 2. The van der Waals surface area contributed by atoms with E-state index in [0.717, 1.165) is 16.7 Å². The lowest BCUT2D eigenvalue weighted by atomic mass is 10.1. The minimum Gasteiger partial charge on any atom is -0.449 e. The van der Waals surface area contributed by atoms with Crippen LogP contribution in [0, 0.1) is 20.8 Å². The van der Waals surface area contributed by atoms with Crippen LogP contribution >= 0.6 is 0 Å². The number of esters is 1. The fourth-order valence-electron chi connectivity index (χ4n) is 2.10. The number of aryl methyl sites for hydroxylation is 3. The predicted molar refractivity (Wildman–Crippen MR) is 90.6 cm³/mol. The maximum atomic E-state index is 12.2. The molecular formula is C19H21NO3. The van der Waals surface area contributed by atoms with Crippen LogP contribution < -0.4 is 5.32 Å². The van der Waals surface area contributed by atoms with Crippen molar-refractivity contribution in [1.82, 2.24) is 0 Å². The molecule has 0 aliphatic rings. The molecule has 23 heavy (non-hydrogen) atoms. The van der Waals surface area contributed by atoms with Crippen molar-refractivity contribution in [2.75, 3.05) is 5.32 Å². The third kappa shape index (κ3) is 4.19. The quantitative estimate of drug-likeness (QED) is 0.874. The minimum absolute atomic E-state index is 0.350. The van der Waals surface area contributed by atoms with E-state index in [4.69, 9.17) is 4.74 Å². The summed E-state index contributed by atoms with van der Waals surface area (Å²) in [5.74, 6) is -0.850. The average Bonchev–Trinajstić information content (AvgIpc) is 2.52. The molecule has 0 saturated carbocycles. The van der Waals surface area contributed by atoms with Gasteiger partial charge < -0.3 is 10.1 Å². The molecule has 1 N–H and O–H groups in total. The van der Waals surface area contributed by atoms with E-state index in [1.165, 1.54) is 0 Å². The van der Waals surface area contributed by atoms with Crippen molar-refractivity contribution in [3.8, 4) is 0 Å². The van der Waals surface area contributed by atoms with E-state index in [0.29, 0.717) is 11.3 Å². The van der Waals surface area contributed by atoms with E-state index in [1.807, 2.05) is 51.1 Å². The Kier molecular flexibility index (Phi) is 5.16. The van der Waals surface area contributed by atoms with E-state index in [2.05, 4.69) is 5.32 Å². The molecule has 4 nitrogen and oxygen atoms in total. The molecule has 0 aromatic heterocycles. The molecule has 2 rings (SSSR count). The van der Waals surface area contributed by atoms with Gasteiger partial charge in [0.2, 0.25) is 0 Å². The molecule has 120 valence electrons. The zero-order valence-electron chi connectivity index (χ0n) is 13.8. The van der Waals surface area contributed by atoms with Gasteiger partial charge in [0.15, 0.2) is 6.10 Å². The van der Waals surface area contributed by atoms with Gasteiger partial charge in [0.05, 0.1) is 5.56 Å². The molecule has 0 radical (unpaired) electrons. The average molecular weight is 311 g/mol. The van der Waals surface area contributed by atoms with E-state index in [1.54, 1.807) is 19.1 Å². The summed E-state index contributed by atoms with van der Waals surface area (Å²) >= 11 is 0. The summed E-state index contributed by atoms with van der Waals surface area (Å²) < 4.78 is 5.25. The van der Waals surface area contributed by atoms with Gasteiger partial charge in [0, 0.05) is 5.69 Å². The summed E-state index contributed by atoms with van der Waals surface area (Å²) in [5, 5.41) is 2.77. The highest BCUT2D eigenvalue weighted by atomic mass is 16.5. The molecule has 0 bridgehead atoms. The Hall–Kier alpha value is -2.62. The number of nitrogens with one attached hydrogen (secondary N) is 1. The van der Waals surface area contributed by atoms with Crippen LogP contribution in [0.2, 0.25) is 0 Å². The van der Waals surface area contributed by atoms with E-state index in [-0.39, 0.29) is 5.91 Å². The van der Waals surface area contributed by atoms with Crippen LogP contribution in [-0.4, -0.2) is 18.0 Å². The van der Waals surface area contributed by atoms with Crippen LogP contribution in [0.4, 0.5) is 5.69 Å². The second-order valence-electron chi connectivity index (χ2n) is 5.65. The lowest BCUT2D eigenvalue weighted by Gasteiger charge is -2.15. The molecule has 0 spiro atoms. The fraction of sp³-hybridized carbons (Fsp3) is 0.263. The first-order chi connectivity index (χ1) is 10.9. The number of hydrogen-bond acceptors (Lipinski definition) is 3. The van der Waals surface area contributed by atoms with Crippen molar-refractivity contribution in [2.45, 2.75) is 33.8 Å². The number of hydrogen-bond donors (Lipinski definition) is 1. The molecule has 1 atom stereocenters. The summed E-state index contributed by atoms with van der Waals surface area (Å²) in [6, 6.07) is 12.8. The molecule has 0 heterocycles. The van der Waals surface area contributed by atoms with Gasteiger partial charge in [0.25, 0.3) is 5.91 Å². The highest BCUT2D eigenvalue weighted by Gasteiger charge is 2.19. The van der Waals surface area contributed by atoms with Crippen molar-refractivity contribution >= 4 is 17.6 Å². The first-order valence-corrected chi connectivity index (χ1v) is 7.53. The highest BCUT2D eigenvalue weighted by Crippen LogP contribution is 2.15. The molecular weight excluding hydrogens is 290 g/mol. The van der Waals surface area contributed by atoms with Crippen LogP contribution in [0.5, 0.6) is 0 Å². The molecule has 2 aromatic carbocycles. The van der Waals surface area contributed by atoms with Crippen LogP contribution in [0.15, 0.2) is 42.5 Å². The topological polar surface area (TPSA) is 55.4 Å². The Bertz CT molecular complexity index is 737. The Morgan fingerprint density at radius 3 is 2.30 bits per heavy atom. The van der Waals surface area contributed by atoms with Gasteiger partial charge in [-0.1, -0.05) is 24.3 Å². The Morgan fingerprint density at radius 2 is 1.65 bits per heavy atom. The standard InChI is InChI=1S/C19H21NO3/c1-12-9-10-16(11-14(12)3)19(22)23-15(4)18(21)20-17-8-6-5-7-13(17)2/h5-11,15H,1-4H3,(H,20,21). The third-order valence-corrected chi connectivity index (χ3v) is 3.80. The van der Waals surface area contributed by atoms with Gasteiger partial charge in [0.1, 0.15) is 0 Å². The number of carbonyl (C=O) groups is 2. The number of amides is 1. The number of rotatable bonds is 4. The zero-order valence-corrected chi connectivity index (χ0v) is 13.8. The van der Waals surface area contributed by atoms with Gasteiger partial charge in [-0.15, -0.1) is 0 Å². The molecule has 4 heteroatoms. The largest absolute Gasteiger partial charge is 0.449 e. The molecule has 1 unspecified atom stereocenters. The number of benzene rings is 2. The highest BCUT2D eigenvalue weighted by molar-refractivity contribution is 5.97. The van der Waals surface area contributed by atoms with Gasteiger partial charge in [-0.3, -0.25) is 4.79 Å². The second kappa shape index (κ2) is 7.09. The lowest BCUT2D eigenvalue weighted by molar-refractivity contribution is -0.123. The van der Waals surface area contributed by atoms with Crippen LogP contribution in [0.25, 0.3) is 0 Å². The third-order valence-electron chi connectivity index (χ3n) is 3.80. The zero-order chi connectivity index (χ0) is 17.0. The SMILES string of the molecule is Cc1ccc(C(=O)OC(C)C(=O)Nc2ccccc2C)cc1C. The molecule has 0 aliphatic carbocycles. The molecule has 0 saturated heterocycles. The van der Waals surface area contributed by atoms with Crippen LogP contribution in [0.1, 0.15) is 34.0 Å². The van der Waals surface area contributed by atoms with Gasteiger partial charge in [-0.05, 0) is 62.6 Å². The van der Waals surface area contributed by atoms with Crippen LogP contribution in [-0.2, 0) is 9.53 Å². The van der Waals surface area contributed by atoms with Crippen molar-refractivity contribution in [3.05, 3.63) is 64.7 Å². The van der Waals surface area contributed by atoms with E-state index in [9.17, 15) is 9.59 Å². The van der Waals surface area contributed by atoms with E-state index < -0.39 is 12.1 Å². The maximum absolute atomic E-state index is 12.2. The smallest absolute Gasteiger partial charge is 0.338 e. The molecule has 0 aliphatic heterocycles. The minimum atomic E-state index is -0.872. The number of anilines is 1. The van der Waals surface area contributed by atoms with E-state index >= 15 is 0 Å². The van der Waals surface area contributed by atoms with Crippen molar-refractivity contribution in [1.29, 1.82) is 0 Å². The first-order valence-electron chi connectivity index (χ1n) is 7.53. The van der Waals surface area contributed by atoms with Crippen LogP contribution in [0.3, 0.4) is 0 Å². The molecule has 1 amide bonds. The molecule has 2 aromatic rings. The monoisotopic (exact) mass is 311 g/mol. The Balaban J connectivity index is 2.01. The summed E-state index contributed by atoms with van der Waals surface area (Å²) in [7, 11) is 0. The van der Waals surface area contributed by atoms with Crippen molar-refractivity contribution < 1.29 is 14.3 Å². The molecule has 0 fully saturated rings. The Morgan fingerprint density at radius 1 is 0.957 bits per heavy atom. The normalized spacial score (nSPS) is 11.7. The summed E-state index contributed by atoms with van der Waals surface area (Å²) in [6.45, 7) is 7.37. The van der Waals surface area contributed by atoms with Gasteiger partial charge in [-0.2, -0.15) is 0 Å².